The highest BCUT2D eigenvalue weighted by molar-refractivity contribution is 5.74. The smallest absolute Gasteiger partial charge is 0.406 e. The zero-order valence-corrected chi connectivity index (χ0v) is 14.7. The molecule has 0 aromatic heterocycles. The van der Waals surface area contributed by atoms with Gasteiger partial charge in [-0.05, 0) is 50.3 Å². The number of rotatable bonds is 5. The van der Waals surface area contributed by atoms with Crippen molar-refractivity contribution in [2.24, 2.45) is 0 Å². The van der Waals surface area contributed by atoms with Crippen LogP contribution in [0.3, 0.4) is 0 Å². The molecule has 0 bridgehead atoms. The number of urea groups is 1. The minimum Gasteiger partial charge on any atom is -0.406 e. The Bertz CT molecular complexity index is 609. The molecule has 8 heteroatoms. The van der Waals surface area contributed by atoms with Crippen molar-refractivity contribution in [3.8, 4) is 5.75 Å². The van der Waals surface area contributed by atoms with Gasteiger partial charge in [0.2, 0.25) is 0 Å². The molecule has 1 aromatic rings. The van der Waals surface area contributed by atoms with Gasteiger partial charge in [-0.15, -0.1) is 13.2 Å². The summed E-state index contributed by atoms with van der Waals surface area (Å²) in [5.74, 6) is -0.277. The van der Waals surface area contributed by atoms with E-state index >= 15 is 0 Å². The van der Waals surface area contributed by atoms with Gasteiger partial charge in [-0.2, -0.15) is 0 Å². The quantitative estimate of drug-likeness (QED) is 0.832. The summed E-state index contributed by atoms with van der Waals surface area (Å²) >= 11 is 0. The molecule has 2 amide bonds. The summed E-state index contributed by atoms with van der Waals surface area (Å²) in [6.45, 7) is 3.83. The van der Waals surface area contributed by atoms with Gasteiger partial charge >= 0.3 is 12.4 Å². The normalized spacial score (nSPS) is 20.5. The molecule has 3 rings (SSSR count). The lowest BCUT2D eigenvalue weighted by Crippen LogP contribution is -2.48. The monoisotopic (exact) mass is 371 g/mol. The van der Waals surface area contributed by atoms with Gasteiger partial charge in [0.05, 0.1) is 6.04 Å². The summed E-state index contributed by atoms with van der Waals surface area (Å²) < 4.78 is 40.4. The number of ether oxygens (including phenoxy) is 1. The van der Waals surface area contributed by atoms with Gasteiger partial charge in [0.25, 0.3) is 0 Å². The van der Waals surface area contributed by atoms with E-state index < -0.39 is 6.36 Å². The average Bonchev–Trinajstić information content (AvgIpc) is 3.39. The number of nitrogens with zero attached hydrogens (tertiary/aromatic N) is 1. The number of nitrogens with one attached hydrogen (secondary N) is 2. The van der Waals surface area contributed by atoms with Crippen molar-refractivity contribution in [2.75, 3.05) is 13.1 Å². The van der Waals surface area contributed by atoms with Gasteiger partial charge in [0, 0.05) is 25.2 Å². The van der Waals surface area contributed by atoms with Crippen LogP contribution in [0.15, 0.2) is 24.3 Å². The second kappa shape index (κ2) is 7.73. The van der Waals surface area contributed by atoms with Gasteiger partial charge in [0.15, 0.2) is 0 Å². The molecule has 2 aliphatic rings. The van der Waals surface area contributed by atoms with Gasteiger partial charge in [-0.3, -0.25) is 0 Å². The van der Waals surface area contributed by atoms with E-state index in [0.717, 1.165) is 32.0 Å². The number of carbonyl (C=O) groups is 1. The van der Waals surface area contributed by atoms with Crippen LogP contribution in [0.25, 0.3) is 0 Å². The molecule has 0 spiro atoms. The van der Waals surface area contributed by atoms with E-state index in [-0.39, 0.29) is 23.9 Å². The molecule has 26 heavy (non-hydrogen) atoms. The molecule has 1 unspecified atom stereocenters. The average molecular weight is 371 g/mol. The minimum atomic E-state index is -4.71. The summed E-state index contributed by atoms with van der Waals surface area (Å²) in [5, 5.41) is 5.82. The van der Waals surface area contributed by atoms with Crippen molar-refractivity contribution in [3.63, 3.8) is 0 Å². The summed E-state index contributed by atoms with van der Waals surface area (Å²) in [7, 11) is 0. The number of hydrogen-bond donors (Lipinski definition) is 2. The van der Waals surface area contributed by atoms with Gasteiger partial charge in [-0.25, -0.2) is 4.79 Å². The van der Waals surface area contributed by atoms with E-state index in [1.54, 1.807) is 6.92 Å². The van der Waals surface area contributed by atoms with Gasteiger partial charge in [-0.1, -0.05) is 12.1 Å². The van der Waals surface area contributed by atoms with E-state index in [0.29, 0.717) is 5.56 Å². The zero-order valence-electron chi connectivity index (χ0n) is 14.7. The van der Waals surface area contributed by atoms with Crippen molar-refractivity contribution < 1.29 is 22.7 Å². The number of benzene rings is 1. The van der Waals surface area contributed by atoms with E-state index in [1.165, 1.54) is 37.1 Å². The third-order valence-electron chi connectivity index (χ3n) is 4.89. The van der Waals surface area contributed by atoms with Crippen LogP contribution in [-0.4, -0.2) is 42.5 Å². The Morgan fingerprint density at radius 2 is 1.77 bits per heavy atom. The van der Waals surface area contributed by atoms with Crippen LogP contribution in [0.2, 0.25) is 0 Å². The Kier molecular flexibility index (Phi) is 5.60. The Balaban J connectivity index is 1.43. The van der Waals surface area contributed by atoms with Crippen molar-refractivity contribution in [3.05, 3.63) is 29.8 Å². The van der Waals surface area contributed by atoms with Gasteiger partial charge in [0.1, 0.15) is 5.75 Å². The number of alkyl halides is 3. The van der Waals surface area contributed by atoms with Gasteiger partial charge < -0.3 is 20.3 Å². The Morgan fingerprint density at radius 1 is 1.15 bits per heavy atom. The number of piperidine rings is 1. The molecule has 1 aromatic carbocycles. The standard InChI is InChI=1S/C18H24F3N3O2/c1-12(13-2-6-16(7-3-13)26-18(19,20)21)22-17(25)23-14-8-10-24(11-9-14)15-4-5-15/h2-3,6-7,12,14-15H,4-5,8-11H2,1H3,(H2,22,23,25). The minimum absolute atomic E-state index is 0.166. The lowest BCUT2D eigenvalue weighted by atomic mass is 10.1. The van der Waals surface area contributed by atoms with Crippen molar-refractivity contribution in [1.82, 2.24) is 15.5 Å². The second-order valence-corrected chi connectivity index (χ2v) is 7.00. The first-order chi connectivity index (χ1) is 12.3. The maximum atomic E-state index is 12.2. The predicted octanol–water partition coefficient (Wildman–Crippen LogP) is 3.57. The third kappa shape index (κ3) is 5.52. The van der Waals surface area contributed by atoms with Crippen LogP contribution in [0, 0.1) is 0 Å². The van der Waals surface area contributed by atoms with Crippen LogP contribution in [0.5, 0.6) is 5.75 Å². The molecular weight excluding hydrogens is 347 g/mol. The fourth-order valence-corrected chi connectivity index (χ4v) is 3.31. The largest absolute Gasteiger partial charge is 0.573 e. The highest BCUT2D eigenvalue weighted by atomic mass is 19.4. The van der Waals surface area contributed by atoms with Crippen molar-refractivity contribution in [1.29, 1.82) is 0 Å². The summed E-state index contributed by atoms with van der Waals surface area (Å²) in [6.07, 6.45) is -0.226. The number of amides is 2. The number of hydrogen-bond acceptors (Lipinski definition) is 3. The highest BCUT2D eigenvalue weighted by Gasteiger charge is 2.32. The summed E-state index contributed by atoms with van der Waals surface area (Å²) in [4.78, 5) is 14.7. The second-order valence-electron chi connectivity index (χ2n) is 7.00. The fourth-order valence-electron chi connectivity index (χ4n) is 3.31. The van der Waals surface area contributed by atoms with E-state index in [4.69, 9.17) is 0 Å². The third-order valence-corrected chi connectivity index (χ3v) is 4.89. The molecule has 1 atom stereocenters. The predicted molar refractivity (Wildman–Crippen MR) is 90.8 cm³/mol. The number of carbonyl (C=O) groups excluding carboxylic acids is 1. The lowest BCUT2D eigenvalue weighted by molar-refractivity contribution is -0.274. The van der Waals surface area contributed by atoms with E-state index in [2.05, 4.69) is 20.3 Å². The highest BCUT2D eigenvalue weighted by Crippen LogP contribution is 2.29. The van der Waals surface area contributed by atoms with Crippen LogP contribution in [0.1, 0.15) is 44.2 Å². The molecule has 1 aliphatic carbocycles. The number of halogens is 3. The summed E-state index contributed by atoms with van der Waals surface area (Å²) in [6, 6.07) is 5.87. The van der Waals surface area contributed by atoms with Crippen molar-refractivity contribution in [2.45, 2.75) is 57.1 Å². The first-order valence-electron chi connectivity index (χ1n) is 8.97. The summed E-state index contributed by atoms with van der Waals surface area (Å²) in [5.41, 5.74) is 0.707. The van der Waals surface area contributed by atoms with E-state index in [1.807, 2.05) is 0 Å². The van der Waals surface area contributed by atoms with Crippen LogP contribution in [-0.2, 0) is 0 Å². The molecule has 5 nitrogen and oxygen atoms in total. The molecule has 1 heterocycles. The zero-order chi connectivity index (χ0) is 18.7. The maximum absolute atomic E-state index is 12.2. The van der Waals surface area contributed by atoms with Crippen molar-refractivity contribution >= 4 is 6.03 Å². The first kappa shape index (κ1) is 18.8. The topological polar surface area (TPSA) is 53.6 Å². The molecule has 144 valence electrons. The molecule has 1 aliphatic heterocycles. The molecule has 0 radical (unpaired) electrons. The van der Waals surface area contributed by atoms with Crippen LogP contribution >= 0.6 is 0 Å². The van der Waals surface area contributed by atoms with E-state index in [9.17, 15) is 18.0 Å². The Morgan fingerprint density at radius 3 is 2.31 bits per heavy atom. The maximum Gasteiger partial charge on any atom is 0.573 e. The molecule has 2 fully saturated rings. The molecular formula is C18H24F3N3O2. The Labute approximate surface area is 150 Å². The first-order valence-corrected chi connectivity index (χ1v) is 8.97. The molecule has 1 saturated heterocycles. The van der Waals surface area contributed by atoms with Crippen LogP contribution < -0.4 is 15.4 Å². The lowest BCUT2D eigenvalue weighted by Gasteiger charge is -2.32. The fraction of sp³-hybridized carbons (Fsp3) is 0.611. The molecule has 2 N–H and O–H groups in total. The van der Waals surface area contributed by atoms with Crippen LogP contribution in [0.4, 0.5) is 18.0 Å². The SMILES string of the molecule is CC(NC(=O)NC1CCN(C2CC2)CC1)c1ccc(OC(F)(F)F)cc1. The number of likely N-dealkylation sites (tertiary alicyclic amines) is 1. The molecule has 1 saturated carbocycles. The Hall–Kier alpha value is -1.96.